The number of phenolic OH excluding ortho intramolecular Hbond substituents is 1. The largest absolute Gasteiger partial charge is 0.507 e. The third-order valence-corrected chi connectivity index (χ3v) is 3.23. The number of aromatic hydroxyl groups is 1. The van der Waals surface area contributed by atoms with Crippen molar-refractivity contribution < 1.29 is 5.11 Å². The monoisotopic (exact) mass is 216 g/mol. The highest BCUT2D eigenvalue weighted by atomic mass is 32.1. The standard InChI is InChI=1S/C11H8N2OS/c12-11-13-10-7-4-2-1-3-6(7)8(14)5-9(10)15-11/h1-5,14H,(H2,12,13). The number of rotatable bonds is 0. The molecule has 1 aromatic heterocycles. The second kappa shape index (κ2) is 2.84. The van der Waals surface area contributed by atoms with E-state index in [1.807, 2.05) is 24.3 Å². The number of benzene rings is 2. The van der Waals surface area contributed by atoms with E-state index in [1.54, 1.807) is 6.07 Å². The first-order valence-electron chi connectivity index (χ1n) is 4.52. The molecular formula is C11H8N2OS. The summed E-state index contributed by atoms with van der Waals surface area (Å²) in [6.07, 6.45) is 0. The number of anilines is 1. The fourth-order valence-corrected chi connectivity index (χ4v) is 2.54. The molecule has 0 atom stereocenters. The van der Waals surface area contributed by atoms with Gasteiger partial charge in [0.1, 0.15) is 5.75 Å². The van der Waals surface area contributed by atoms with Gasteiger partial charge in [0.15, 0.2) is 5.13 Å². The Morgan fingerprint density at radius 3 is 2.73 bits per heavy atom. The summed E-state index contributed by atoms with van der Waals surface area (Å²) >= 11 is 1.39. The lowest BCUT2D eigenvalue weighted by Gasteiger charge is -2.00. The number of fused-ring (bicyclic) bond motifs is 3. The maximum absolute atomic E-state index is 9.82. The molecule has 15 heavy (non-hydrogen) atoms. The summed E-state index contributed by atoms with van der Waals surface area (Å²) in [5.74, 6) is 0.279. The molecule has 74 valence electrons. The Hall–Kier alpha value is -1.81. The van der Waals surface area contributed by atoms with Gasteiger partial charge in [0.25, 0.3) is 0 Å². The number of nitrogens with zero attached hydrogens (tertiary/aromatic N) is 1. The molecule has 3 aromatic rings. The van der Waals surface area contributed by atoms with Crippen molar-refractivity contribution in [2.45, 2.75) is 0 Å². The van der Waals surface area contributed by atoms with Crippen LogP contribution in [0.1, 0.15) is 0 Å². The van der Waals surface area contributed by atoms with Gasteiger partial charge in [0, 0.05) is 16.8 Å². The van der Waals surface area contributed by atoms with E-state index in [2.05, 4.69) is 4.98 Å². The van der Waals surface area contributed by atoms with Crippen LogP contribution >= 0.6 is 11.3 Å². The van der Waals surface area contributed by atoms with Crippen LogP contribution in [0.2, 0.25) is 0 Å². The first kappa shape index (κ1) is 8.49. The van der Waals surface area contributed by atoms with E-state index >= 15 is 0 Å². The number of nitrogen functional groups attached to an aromatic ring is 1. The lowest BCUT2D eigenvalue weighted by Crippen LogP contribution is -1.80. The van der Waals surface area contributed by atoms with Crippen molar-refractivity contribution in [1.82, 2.24) is 4.98 Å². The summed E-state index contributed by atoms with van der Waals surface area (Å²) in [5, 5.41) is 12.1. The molecule has 0 bridgehead atoms. The van der Waals surface area contributed by atoms with Crippen LogP contribution in [-0.2, 0) is 0 Å². The molecule has 0 unspecified atom stereocenters. The number of nitrogens with two attached hydrogens (primary N) is 1. The average Bonchev–Trinajstić information content (AvgIpc) is 2.59. The van der Waals surface area contributed by atoms with E-state index in [0.29, 0.717) is 5.13 Å². The van der Waals surface area contributed by atoms with Crippen LogP contribution in [0.4, 0.5) is 5.13 Å². The van der Waals surface area contributed by atoms with Crippen LogP contribution in [0, 0.1) is 0 Å². The zero-order valence-electron chi connectivity index (χ0n) is 7.77. The van der Waals surface area contributed by atoms with E-state index in [1.165, 1.54) is 11.3 Å². The molecule has 0 radical (unpaired) electrons. The first-order valence-corrected chi connectivity index (χ1v) is 5.34. The molecule has 0 aliphatic heterocycles. The van der Waals surface area contributed by atoms with Gasteiger partial charge in [-0.1, -0.05) is 35.6 Å². The number of hydrogen-bond donors (Lipinski definition) is 2. The maximum Gasteiger partial charge on any atom is 0.181 e. The van der Waals surface area contributed by atoms with Crippen molar-refractivity contribution in [3.63, 3.8) is 0 Å². The van der Waals surface area contributed by atoms with Crippen LogP contribution < -0.4 is 5.73 Å². The molecule has 3 N–H and O–H groups in total. The number of hydrogen-bond acceptors (Lipinski definition) is 4. The third kappa shape index (κ3) is 1.15. The summed E-state index contributed by atoms with van der Waals surface area (Å²) in [6.45, 7) is 0. The zero-order chi connectivity index (χ0) is 10.4. The van der Waals surface area contributed by atoms with Crippen molar-refractivity contribution >= 4 is 37.5 Å². The van der Waals surface area contributed by atoms with Gasteiger partial charge in [-0.3, -0.25) is 0 Å². The van der Waals surface area contributed by atoms with E-state index in [4.69, 9.17) is 5.73 Å². The van der Waals surface area contributed by atoms with Gasteiger partial charge < -0.3 is 10.8 Å². The fourth-order valence-electron chi connectivity index (χ4n) is 1.75. The highest BCUT2D eigenvalue weighted by Gasteiger charge is 2.08. The molecule has 0 aliphatic rings. The van der Waals surface area contributed by atoms with Crippen LogP contribution in [0.5, 0.6) is 5.75 Å². The molecule has 0 amide bonds. The highest BCUT2D eigenvalue weighted by Crippen LogP contribution is 2.35. The number of thiazole rings is 1. The minimum absolute atomic E-state index is 0.279. The van der Waals surface area contributed by atoms with Gasteiger partial charge in [-0.25, -0.2) is 4.98 Å². The summed E-state index contributed by atoms with van der Waals surface area (Å²) in [4.78, 5) is 4.27. The van der Waals surface area contributed by atoms with Crippen LogP contribution in [0.3, 0.4) is 0 Å². The Kier molecular flexibility index (Phi) is 1.61. The van der Waals surface area contributed by atoms with Crippen LogP contribution in [0.25, 0.3) is 21.0 Å². The predicted molar refractivity (Wildman–Crippen MR) is 63.2 cm³/mol. The summed E-state index contributed by atoms with van der Waals surface area (Å²) in [5.41, 5.74) is 6.52. The highest BCUT2D eigenvalue weighted by molar-refractivity contribution is 7.22. The molecule has 0 saturated heterocycles. The van der Waals surface area contributed by atoms with Crippen molar-refractivity contribution in [2.24, 2.45) is 0 Å². The maximum atomic E-state index is 9.82. The molecule has 1 heterocycles. The smallest absolute Gasteiger partial charge is 0.181 e. The quantitative estimate of drug-likeness (QED) is 0.607. The second-order valence-corrected chi connectivity index (χ2v) is 4.40. The topological polar surface area (TPSA) is 59.1 Å². The molecule has 4 heteroatoms. The summed E-state index contributed by atoms with van der Waals surface area (Å²) in [6, 6.07) is 9.35. The van der Waals surface area contributed by atoms with Gasteiger partial charge in [0.2, 0.25) is 0 Å². The lowest BCUT2D eigenvalue weighted by molar-refractivity contribution is 0.482. The zero-order valence-corrected chi connectivity index (χ0v) is 8.58. The van der Waals surface area contributed by atoms with Crippen molar-refractivity contribution in [3.8, 4) is 5.75 Å². The summed E-state index contributed by atoms with van der Waals surface area (Å²) in [7, 11) is 0. The Balaban J connectivity index is 2.62. The molecule has 0 spiro atoms. The van der Waals surface area contributed by atoms with Gasteiger partial charge >= 0.3 is 0 Å². The lowest BCUT2D eigenvalue weighted by atomic mass is 10.1. The second-order valence-electron chi connectivity index (χ2n) is 3.34. The molecular weight excluding hydrogens is 208 g/mol. The fraction of sp³-hybridized carbons (Fsp3) is 0. The number of phenols is 1. The average molecular weight is 216 g/mol. The predicted octanol–water partition coefficient (Wildman–Crippen LogP) is 2.74. The van der Waals surface area contributed by atoms with E-state index in [0.717, 1.165) is 21.0 Å². The van der Waals surface area contributed by atoms with E-state index in [9.17, 15) is 5.11 Å². The van der Waals surface area contributed by atoms with E-state index < -0.39 is 0 Å². The van der Waals surface area contributed by atoms with Crippen LogP contribution in [0.15, 0.2) is 30.3 Å². The Labute approximate surface area is 89.8 Å². The van der Waals surface area contributed by atoms with E-state index in [-0.39, 0.29) is 5.75 Å². The molecule has 0 fully saturated rings. The Bertz CT molecular complexity index is 660. The van der Waals surface area contributed by atoms with Gasteiger partial charge in [-0.15, -0.1) is 0 Å². The third-order valence-electron chi connectivity index (χ3n) is 2.40. The molecule has 0 saturated carbocycles. The summed E-state index contributed by atoms with van der Waals surface area (Å²) < 4.78 is 0.920. The van der Waals surface area contributed by atoms with Gasteiger partial charge in [-0.2, -0.15) is 0 Å². The van der Waals surface area contributed by atoms with Crippen LogP contribution in [-0.4, -0.2) is 10.1 Å². The molecule has 3 rings (SSSR count). The molecule has 2 aromatic carbocycles. The number of aromatic nitrogens is 1. The first-order chi connectivity index (χ1) is 7.25. The molecule has 3 nitrogen and oxygen atoms in total. The SMILES string of the molecule is Nc1nc2c(cc(O)c3ccccc32)s1. The van der Waals surface area contributed by atoms with Crippen molar-refractivity contribution in [1.29, 1.82) is 0 Å². The van der Waals surface area contributed by atoms with Gasteiger partial charge in [0.05, 0.1) is 10.2 Å². The minimum Gasteiger partial charge on any atom is -0.507 e. The minimum atomic E-state index is 0.279. The van der Waals surface area contributed by atoms with Gasteiger partial charge in [-0.05, 0) is 0 Å². The van der Waals surface area contributed by atoms with Crippen molar-refractivity contribution in [3.05, 3.63) is 30.3 Å². The Morgan fingerprint density at radius 2 is 1.93 bits per heavy atom. The molecule has 0 aliphatic carbocycles. The normalized spacial score (nSPS) is 11.2. The Morgan fingerprint density at radius 1 is 1.20 bits per heavy atom. The van der Waals surface area contributed by atoms with Crippen molar-refractivity contribution in [2.75, 3.05) is 5.73 Å².